The zero-order chi connectivity index (χ0) is 22.8. The van der Waals surface area contributed by atoms with Gasteiger partial charge in [-0.3, -0.25) is 9.69 Å². The number of benzene rings is 1. The van der Waals surface area contributed by atoms with E-state index in [2.05, 4.69) is 34.5 Å². The predicted molar refractivity (Wildman–Crippen MR) is 124 cm³/mol. The third-order valence-corrected chi connectivity index (χ3v) is 6.86. The van der Waals surface area contributed by atoms with Gasteiger partial charge in [0.25, 0.3) is 0 Å². The highest BCUT2D eigenvalue weighted by Crippen LogP contribution is 2.45. The van der Waals surface area contributed by atoms with Crippen LogP contribution in [0.4, 0.5) is 10.5 Å². The van der Waals surface area contributed by atoms with E-state index < -0.39 is 17.7 Å². The average Bonchev–Trinajstić information content (AvgIpc) is 2.72. The summed E-state index contributed by atoms with van der Waals surface area (Å²) in [5.41, 5.74) is 1.90. The van der Waals surface area contributed by atoms with E-state index in [1.807, 2.05) is 20.8 Å². The molecule has 1 unspecified atom stereocenters. The van der Waals surface area contributed by atoms with Crippen LogP contribution in [0.2, 0.25) is 0 Å². The summed E-state index contributed by atoms with van der Waals surface area (Å²) in [5.74, 6) is -0.0680. The lowest BCUT2D eigenvalue weighted by atomic mass is 9.64. The van der Waals surface area contributed by atoms with Crippen LogP contribution in [0, 0.1) is 0 Å². The molecular weight excluding hydrogens is 406 g/mol. The second-order valence-electron chi connectivity index (χ2n) is 10.4. The number of carbonyl (C=O) groups is 2. The van der Waals surface area contributed by atoms with Gasteiger partial charge in [-0.25, -0.2) is 4.79 Å². The van der Waals surface area contributed by atoms with Crippen LogP contribution in [0.1, 0.15) is 58.4 Å². The Morgan fingerprint density at radius 1 is 1.12 bits per heavy atom. The maximum atomic E-state index is 13.1. The molecule has 1 aromatic carbocycles. The minimum absolute atomic E-state index is 0.0680. The van der Waals surface area contributed by atoms with Crippen molar-refractivity contribution < 1.29 is 19.1 Å². The molecule has 0 spiro atoms. The summed E-state index contributed by atoms with van der Waals surface area (Å²) in [7, 11) is 0. The molecule has 7 nitrogen and oxygen atoms in total. The van der Waals surface area contributed by atoms with Gasteiger partial charge in [0.2, 0.25) is 5.91 Å². The number of alkyl carbamates (subject to hydrolysis) is 1. The van der Waals surface area contributed by atoms with E-state index >= 15 is 0 Å². The number of rotatable bonds is 5. The third-order valence-electron chi connectivity index (χ3n) is 6.86. The van der Waals surface area contributed by atoms with E-state index in [0.717, 1.165) is 45.0 Å². The van der Waals surface area contributed by atoms with Gasteiger partial charge in [-0.15, -0.1) is 0 Å². The number of amides is 2. The number of nitrogens with one attached hydrogen (secondary N) is 1. The molecule has 2 saturated heterocycles. The number of carbonyl (C=O) groups excluding carboxylic acids is 2. The van der Waals surface area contributed by atoms with Crippen LogP contribution in [0.15, 0.2) is 24.3 Å². The smallest absolute Gasteiger partial charge is 0.408 e. The van der Waals surface area contributed by atoms with Crippen molar-refractivity contribution >= 4 is 17.7 Å². The quantitative estimate of drug-likeness (QED) is 0.755. The van der Waals surface area contributed by atoms with Crippen LogP contribution in [0.5, 0.6) is 0 Å². The van der Waals surface area contributed by atoms with E-state index in [9.17, 15) is 9.59 Å². The van der Waals surface area contributed by atoms with Crippen LogP contribution in [0.25, 0.3) is 0 Å². The minimum atomic E-state index is -0.587. The lowest BCUT2D eigenvalue weighted by Crippen LogP contribution is -2.53. The van der Waals surface area contributed by atoms with Gasteiger partial charge in [-0.1, -0.05) is 18.6 Å². The monoisotopic (exact) mass is 443 g/mol. The summed E-state index contributed by atoms with van der Waals surface area (Å²) >= 11 is 0. The fourth-order valence-corrected chi connectivity index (χ4v) is 5.04. The molecule has 1 aromatic rings. The van der Waals surface area contributed by atoms with Crippen LogP contribution >= 0.6 is 0 Å². The predicted octanol–water partition coefficient (Wildman–Crippen LogP) is 3.46. The number of hydrogen-bond acceptors (Lipinski definition) is 5. The van der Waals surface area contributed by atoms with Gasteiger partial charge >= 0.3 is 6.09 Å². The molecule has 0 radical (unpaired) electrons. The van der Waals surface area contributed by atoms with Crippen LogP contribution < -0.4 is 10.2 Å². The average molecular weight is 444 g/mol. The molecule has 3 aliphatic rings. The van der Waals surface area contributed by atoms with E-state index in [-0.39, 0.29) is 11.3 Å². The zero-order valence-electron chi connectivity index (χ0n) is 19.7. The summed E-state index contributed by atoms with van der Waals surface area (Å²) < 4.78 is 10.8. The first kappa shape index (κ1) is 23.1. The van der Waals surface area contributed by atoms with Crippen molar-refractivity contribution in [2.75, 3.05) is 44.3 Å². The Bertz CT molecular complexity index is 807. The van der Waals surface area contributed by atoms with Crippen molar-refractivity contribution in [2.24, 2.45) is 0 Å². The molecule has 1 atom stereocenters. The molecule has 7 heteroatoms. The van der Waals surface area contributed by atoms with Crippen molar-refractivity contribution in [1.29, 1.82) is 0 Å². The number of morpholine rings is 1. The Hall–Kier alpha value is -2.12. The number of nitrogens with zero attached hydrogens (tertiary/aromatic N) is 2. The normalized spacial score (nSPS) is 24.0. The standard InChI is InChI=1S/C25H37N3O4/c1-24(2,3)32-23(30)26-21-6-4-13-28(22(21)29)20-9-7-19(8-10-20)25(11-5-12-25)18-27-14-16-31-17-15-27/h7-10,21H,4-6,11-18H2,1-3H3,(H,26,30). The molecule has 2 amide bonds. The topological polar surface area (TPSA) is 71.1 Å². The highest BCUT2D eigenvalue weighted by atomic mass is 16.6. The second kappa shape index (κ2) is 9.40. The number of hydrogen-bond donors (Lipinski definition) is 1. The molecule has 1 aliphatic carbocycles. The lowest BCUT2D eigenvalue weighted by Gasteiger charge is -2.46. The fraction of sp³-hybridized carbons (Fsp3) is 0.680. The van der Waals surface area contributed by atoms with E-state index in [0.29, 0.717) is 13.0 Å². The van der Waals surface area contributed by atoms with Crippen molar-refractivity contribution in [3.8, 4) is 0 Å². The maximum absolute atomic E-state index is 13.1. The molecule has 0 bridgehead atoms. The molecule has 2 heterocycles. The second-order valence-corrected chi connectivity index (χ2v) is 10.4. The zero-order valence-corrected chi connectivity index (χ0v) is 19.7. The summed E-state index contributed by atoms with van der Waals surface area (Å²) in [6.45, 7) is 10.9. The molecule has 176 valence electrons. The molecule has 4 rings (SSSR count). The largest absolute Gasteiger partial charge is 0.444 e. The van der Waals surface area contributed by atoms with Gasteiger partial charge in [0.05, 0.1) is 13.2 Å². The van der Waals surface area contributed by atoms with Gasteiger partial charge in [0, 0.05) is 37.3 Å². The molecule has 3 fully saturated rings. The summed E-state index contributed by atoms with van der Waals surface area (Å²) in [6.07, 6.45) is 4.64. The van der Waals surface area contributed by atoms with Gasteiger partial charge in [0.15, 0.2) is 0 Å². The first-order chi connectivity index (χ1) is 15.3. The Morgan fingerprint density at radius 2 is 1.81 bits per heavy atom. The summed E-state index contributed by atoms with van der Waals surface area (Å²) in [6, 6.07) is 8.00. The highest BCUT2D eigenvalue weighted by Gasteiger charge is 2.40. The van der Waals surface area contributed by atoms with Gasteiger partial charge in [0.1, 0.15) is 11.6 Å². The minimum Gasteiger partial charge on any atom is -0.444 e. The van der Waals surface area contributed by atoms with Crippen molar-refractivity contribution in [3.63, 3.8) is 0 Å². The lowest BCUT2D eigenvalue weighted by molar-refractivity contribution is -0.121. The summed E-state index contributed by atoms with van der Waals surface area (Å²) in [4.78, 5) is 29.6. The Labute approximate surface area is 191 Å². The fourth-order valence-electron chi connectivity index (χ4n) is 5.04. The maximum Gasteiger partial charge on any atom is 0.408 e. The van der Waals surface area contributed by atoms with Crippen molar-refractivity contribution in [3.05, 3.63) is 29.8 Å². The van der Waals surface area contributed by atoms with Crippen LogP contribution in [-0.4, -0.2) is 67.9 Å². The Morgan fingerprint density at radius 3 is 2.41 bits per heavy atom. The van der Waals surface area contributed by atoms with Gasteiger partial charge in [-0.05, 0) is 64.2 Å². The van der Waals surface area contributed by atoms with E-state index in [1.54, 1.807) is 4.90 Å². The first-order valence-corrected chi connectivity index (χ1v) is 12.0. The molecule has 2 aliphatic heterocycles. The molecule has 1 saturated carbocycles. The van der Waals surface area contributed by atoms with Crippen molar-refractivity contribution in [2.45, 2.75) is 69.9 Å². The van der Waals surface area contributed by atoms with Crippen molar-refractivity contribution in [1.82, 2.24) is 10.2 Å². The SMILES string of the molecule is CC(C)(C)OC(=O)NC1CCCN(c2ccc(C3(CN4CCOCC4)CCC3)cc2)C1=O. The Kier molecular flexibility index (Phi) is 6.77. The number of piperidine rings is 1. The van der Waals surface area contributed by atoms with Gasteiger partial charge < -0.3 is 19.7 Å². The Balaban J connectivity index is 1.41. The van der Waals surface area contributed by atoms with E-state index in [4.69, 9.17) is 9.47 Å². The van der Waals surface area contributed by atoms with Gasteiger partial charge in [-0.2, -0.15) is 0 Å². The first-order valence-electron chi connectivity index (χ1n) is 12.0. The highest BCUT2D eigenvalue weighted by molar-refractivity contribution is 5.99. The third kappa shape index (κ3) is 5.26. The molecular formula is C25H37N3O4. The van der Waals surface area contributed by atoms with Crippen LogP contribution in [0.3, 0.4) is 0 Å². The van der Waals surface area contributed by atoms with E-state index in [1.165, 1.54) is 24.8 Å². The van der Waals surface area contributed by atoms with Crippen LogP contribution in [-0.2, 0) is 19.7 Å². The summed E-state index contributed by atoms with van der Waals surface area (Å²) in [5, 5.41) is 2.76. The molecule has 0 aromatic heterocycles. The number of anilines is 1. The molecule has 32 heavy (non-hydrogen) atoms. The number of ether oxygens (including phenoxy) is 2. The molecule has 1 N–H and O–H groups in total.